The molecule has 24 heavy (non-hydrogen) atoms. The fourth-order valence-electron chi connectivity index (χ4n) is 2.49. The van der Waals surface area contributed by atoms with Gasteiger partial charge in [-0.2, -0.15) is 4.31 Å². The highest BCUT2D eigenvalue weighted by atomic mass is 32.2. The van der Waals surface area contributed by atoms with E-state index in [1.54, 1.807) is 6.92 Å². The maximum absolute atomic E-state index is 12.4. The normalized spacial score (nSPS) is 24.1. The Hall–Kier alpha value is -0.700. The summed E-state index contributed by atoms with van der Waals surface area (Å²) in [5.74, 6) is 0.123. The molecular formula is C16H32N2O5S. The van der Waals surface area contributed by atoms with Crippen molar-refractivity contribution in [3.8, 4) is 0 Å². The first-order valence-corrected chi connectivity index (χ1v) is 10.2. The number of rotatable bonds is 9. The Labute approximate surface area is 146 Å². The molecule has 0 aromatic heterocycles. The lowest BCUT2D eigenvalue weighted by Crippen LogP contribution is -2.50. The third-order valence-corrected chi connectivity index (χ3v) is 5.68. The Morgan fingerprint density at radius 2 is 1.83 bits per heavy atom. The monoisotopic (exact) mass is 364 g/mol. The molecule has 0 unspecified atom stereocenters. The van der Waals surface area contributed by atoms with Crippen molar-refractivity contribution in [2.45, 2.75) is 59.4 Å². The second-order valence-electron chi connectivity index (χ2n) is 6.88. The fourth-order valence-corrected chi connectivity index (χ4v) is 3.98. The number of hydrogen-bond donors (Lipinski definition) is 1. The van der Waals surface area contributed by atoms with Gasteiger partial charge in [0.25, 0.3) is 0 Å². The molecule has 1 amide bonds. The van der Waals surface area contributed by atoms with Gasteiger partial charge in [-0.05, 0) is 33.1 Å². The van der Waals surface area contributed by atoms with Crippen molar-refractivity contribution in [1.29, 1.82) is 0 Å². The van der Waals surface area contributed by atoms with E-state index < -0.39 is 16.1 Å². The van der Waals surface area contributed by atoms with Gasteiger partial charge < -0.3 is 14.8 Å². The lowest BCUT2D eigenvalue weighted by atomic mass is 10.1. The third-order valence-electron chi connectivity index (χ3n) is 3.87. The molecule has 1 N–H and O–H groups in total. The zero-order chi connectivity index (χ0) is 18.3. The van der Waals surface area contributed by atoms with Crippen LogP contribution >= 0.6 is 0 Å². The van der Waals surface area contributed by atoms with Crippen LogP contribution in [0.1, 0.15) is 41.0 Å². The van der Waals surface area contributed by atoms with Crippen LogP contribution in [-0.2, 0) is 24.3 Å². The molecule has 3 atom stereocenters. The van der Waals surface area contributed by atoms with Gasteiger partial charge in [-0.1, -0.05) is 13.8 Å². The lowest BCUT2D eigenvalue weighted by Gasteiger charge is -2.34. The summed E-state index contributed by atoms with van der Waals surface area (Å²) in [6, 6.07) is 0. The zero-order valence-electron chi connectivity index (χ0n) is 15.4. The van der Waals surface area contributed by atoms with Gasteiger partial charge in [0.05, 0.1) is 18.0 Å². The molecule has 142 valence electrons. The molecule has 0 spiro atoms. The topological polar surface area (TPSA) is 84.9 Å². The van der Waals surface area contributed by atoms with E-state index in [4.69, 9.17) is 9.47 Å². The first-order valence-electron chi connectivity index (χ1n) is 8.64. The number of sulfonamides is 1. The second-order valence-corrected chi connectivity index (χ2v) is 8.97. The fraction of sp³-hybridized carbons (Fsp3) is 0.938. The van der Waals surface area contributed by atoms with Crippen molar-refractivity contribution in [3.05, 3.63) is 0 Å². The molecule has 0 bridgehead atoms. The molecule has 1 rings (SSSR count). The van der Waals surface area contributed by atoms with Gasteiger partial charge in [0.15, 0.2) is 0 Å². The molecule has 0 aliphatic carbocycles. The van der Waals surface area contributed by atoms with E-state index in [9.17, 15) is 13.2 Å². The average molecular weight is 365 g/mol. The van der Waals surface area contributed by atoms with Gasteiger partial charge >= 0.3 is 0 Å². The second kappa shape index (κ2) is 9.70. The molecule has 1 aliphatic rings. The van der Waals surface area contributed by atoms with E-state index in [0.717, 1.165) is 6.42 Å². The minimum Gasteiger partial charge on any atom is -0.373 e. The molecule has 1 heterocycles. The largest absolute Gasteiger partial charge is 0.373 e. The molecule has 1 aliphatic heterocycles. The van der Waals surface area contributed by atoms with Crippen LogP contribution in [-0.4, -0.2) is 68.9 Å². The van der Waals surface area contributed by atoms with Crippen molar-refractivity contribution in [2.24, 2.45) is 5.92 Å². The van der Waals surface area contributed by atoms with Crippen molar-refractivity contribution < 1.29 is 22.7 Å². The van der Waals surface area contributed by atoms with Gasteiger partial charge in [0, 0.05) is 26.2 Å². The maximum atomic E-state index is 12.4. The lowest BCUT2D eigenvalue weighted by molar-refractivity contribution is -0.131. The summed E-state index contributed by atoms with van der Waals surface area (Å²) in [6.07, 6.45) is 0.0780. The number of carbonyl (C=O) groups is 1. The number of ether oxygens (including phenoxy) is 2. The number of morpholine rings is 1. The number of hydrogen-bond acceptors (Lipinski definition) is 5. The standard InChI is InChI=1S/C16H32N2O5S/c1-12(2)6-8-22-15(5)16(19)17-7-9-24(20,21)18-10-13(3)23-14(4)11-18/h12-15H,6-11H2,1-5H3,(H,17,19)/t13-,14-,15-/m1/s1. The summed E-state index contributed by atoms with van der Waals surface area (Å²) in [4.78, 5) is 11.9. The van der Waals surface area contributed by atoms with Crippen molar-refractivity contribution in [3.63, 3.8) is 0 Å². The Balaban J connectivity index is 2.35. The molecule has 0 aromatic rings. The van der Waals surface area contributed by atoms with E-state index in [0.29, 0.717) is 25.6 Å². The first kappa shape index (κ1) is 21.3. The van der Waals surface area contributed by atoms with Gasteiger partial charge in [-0.15, -0.1) is 0 Å². The predicted molar refractivity (Wildman–Crippen MR) is 93.2 cm³/mol. The minimum absolute atomic E-state index is 0.0825. The summed E-state index contributed by atoms with van der Waals surface area (Å²) in [7, 11) is -3.40. The van der Waals surface area contributed by atoms with E-state index in [2.05, 4.69) is 19.2 Å². The molecular weight excluding hydrogens is 332 g/mol. The molecule has 1 saturated heterocycles. The summed E-state index contributed by atoms with van der Waals surface area (Å²) in [5, 5.41) is 2.64. The predicted octanol–water partition coefficient (Wildman–Crippen LogP) is 0.993. The maximum Gasteiger partial charge on any atom is 0.248 e. The Kier molecular flexibility index (Phi) is 8.62. The number of nitrogens with one attached hydrogen (secondary N) is 1. The third kappa shape index (κ3) is 7.46. The van der Waals surface area contributed by atoms with E-state index >= 15 is 0 Å². The highest BCUT2D eigenvalue weighted by Crippen LogP contribution is 2.14. The highest BCUT2D eigenvalue weighted by molar-refractivity contribution is 7.89. The van der Waals surface area contributed by atoms with Gasteiger partial charge in [0.2, 0.25) is 15.9 Å². The smallest absolute Gasteiger partial charge is 0.248 e. The zero-order valence-corrected chi connectivity index (χ0v) is 16.3. The summed E-state index contributed by atoms with van der Waals surface area (Å²) >= 11 is 0. The molecule has 0 aromatic carbocycles. The quantitative estimate of drug-likeness (QED) is 0.660. The van der Waals surface area contributed by atoms with Crippen LogP contribution in [0.2, 0.25) is 0 Å². The highest BCUT2D eigenvalue weighted by Gasteiger charge is 2.30. The van der Waals surface area contributed by atoms with Crippen LogP contribution in [0.25, 0.3) is 0 Å². The van der Waals surface area contributed by atoms with Crippen LogP contribution < -0.4 is 5.32 Å². The summed E-state index contributed by atoms with van der Waals surface area (Å²) in [6.45, 7) is 10.9. The Morgan fingerprint density at radius 3 is 2.38 bits per heavy atom. The van der Waals surface area contributed by atoms with Crippen molar-refractivity contribution in [1.82, 2.24) is 9.62 Å². The van der Waals surface area contributed by atoms with Crippen LogP contribution in [0.4, 0.5) is 0 Å². The van der Waals surface area contributed by atoms with E-state index in [1.807, 2.05) is 13.8 Å². The van der Waals surface area contributed by atoms with Crippen molar-refractivity contribution in [2.75, 3.05) is 32.0 Å². The minimum atomic E-state index is -3.40. The van der Waals surface area contributed by atoms with E-state index in [1.165, 1.54) is 4.31 Å². The van der Waals surface area contributed by atoms with Crippen molar-refractivity contribution >= 4 is 15.9 Å². The Morgan fingerprint density at radius 1 is 1.25 bits per heavy atom. The first-order chi connectivity index (χ1) is 11.1. The van der Waals surface area contributed by atoms with Crippen LogP contribution in [0, 0.1) is 5.92 Å². The van der Waals surface area contributed by atoms with Gasteiger partial charge in [-0.3, -0.25) is 4.79 Å². The summed E-state index contributed by atoms with van der Waals surface area (Å²) in [5.41, 5.74) is 0. The molecule has 7 nitrogen and oxygen atoms in total. The number of carbonyl (C=O) groups excluding carboxylic acids is 1. The van der Waals surface area contributed by atoms with Gasteiger partial charge in [0.1, 0.15) is 6.10 Å². The Bertz CT molecular complexity index is 485. The average Bonchev–Trinajstić information content (AvgIpc) is 2.45. The van der Waals surface area contributed by atoms with Crippen LogP contribution in [0.5, 0.6) is 0 Å². The number of nitrogens with zero attached hydrogens (tertiary/aromatic N) is 1. The molecule has 0 saturated carbocycles. The summed E-state index contributed by atoms with van der Waals surface area (Å²) < 4.78 is 37.2. The SMILES string of the molecule is CC(C)CCO[C@H](C)C(=O)NCCS(=O)(=O)N1C[C@@H](C)O[C@H](C)C1. The number of amides is 1. The molecule has 8 heteroatoms. The molecule has 0 radical (unpaired) electrons. The van der Waals surface area contributed by atoms with Crippen LogP contribution in [0.3, 0.4) is 0 Å². The molecule has 1 fully saturated rings. The van der Waals surface area contributed by atoms with E-state index in [-0.39, 0.29) is 30.4 Å². The van der Waals surface area contributed by atoms with Gasteiger partial charge in [-0.25, -0.2) is 8.42 Å². The van der Waals surface area contributed by atoms with Crippen LogP contribution in [0.15, 0.2) is 0 Å².